The van der Waals surface area contributed by atoms with Crippen molar-refractivity contribution in [2.45, 2.75) is 13.5 Å². The van der Waals surface area contributed by atoms with Crippen molar-refractivity contribution in [3.63, 3.8) is 0 Å². The monoisotopic (exact) mass is 285 g/mol. The Labute approximate surface area is 121 Å². The van der Waals surface area contributed by atoms with Crippen molar-refractivity contribution in [3.05, 3.63) is 64.5 Å². The Morgan fingerprint density at radius 3 is 2.76 bits per heavy atom. The molecule has 106 valence electrons. The van der Waals surface area contributed by atoms with Crippen LogP contribution in [0.2, 0.25) is 0 Å². The number of aromatic carboxylic acids is 1. The first-order valence-electron chi connectivity index (χ1n) is 6.16. The van der Waals surface area contributed by atoms with E-state index in [-0.39, 0.29) is 17.7 Å². The topological polar surface area (TPSA) is 70.3 Å². The lowest BCUT2D eigenvalue weighted by Gasteiger charge is -2.10. The van der Waals surface area contributed by atoms with Crippen LogP contribution in [0.1, 0.15) is 27.0 Å². The van der Waals surface area contributed by atoms with Gasteiger partial charge in [0.05, 0.1) is 17.2 Å². The molecule has 1 N–H and O–H groups in total. The molecule has 0 spiro atoms. The minimum Gasteiger partial charge on any atom is -0.488 e. The highest BCUT2D eigenvalue weighted by molar-refractivity contribution is 5.88. The summed E-state index contributed by atoms with van der Waals surface area (Å²) in [6.07, 6.45) is 0. The second-order valence-corrected chi connectivity index (χ2v) is 4.49. The van der Waals surface area contributed by atoms with Crippen molar-refractivity contribution in [1.82, 2.24) is 0 Å². The first-order chi connectivity index (χ1) is 10.0. The van der Waals surface area contributed by atoms with Crippen molar-refractivity contribution in [3.8, 4) is 11.8 Å². The average molecular weight is 285 g/mol. The molecule has 0 saturated carbocycles. The number of hydrogen-bond acceptors (Lipinski definition) is 3. The molecule has 0 aromatic heterocycles. The zero-order chi connectivity index (χ0) is 15.4. The molecule has 4 nitrogen and oxygen atoms in total. The Hall–Kier alpha value is -2.87. The number of nitriles is 1. The van der Waals surface area contributed by atoms with Gasteiger partial charge in [0.15, 0.2) is 0 Å². The number of ether oxygens (including phenoxy) is 1. The molecule has 0 radical (unpaired) electrons. The maximum Gasteiger partial charge on any atom is 0.335 e. The zero-order valence-electron chi connectivity index (χ0n) is 11.3. The summed E-state index contributed by atoms with van der Waals surface area (Å²) in [6, 6.07) is 10.4. The number of rotatable bonds is 4. The first-order valence-corrected chi connectivity index (χ1v) is 6.16. The summed E-state index contributed by atoms with van der Waals surface area (Å²) in [6.45, 7) is 1.69. The van der Waals surface area contributed by atoms with Crippen molar-refractivity contribution >= 4 is 5.97 Å². The van der Waals surface area contributed by atoms with E-state index in [1.165, 1.54) is 30.3 Å². The Bertz CT molecular complexity index is 735. The van der Waals surface area contributed by atoms with Crippen LogP contribution in [0.15, 0.2) is 36.4 Å². The highest BCUT2D eigenvalue weighted by Gasteiger charge is 2.09. The molecule has 0 atom stereocenters. The molecular formula is C16H12FNO3. The number of carbonyl (C=O) groups is 1. The maximum atomic E-state index is 13.6. The number of hydrogen-bond donors (Lipinski definition) is 1. The molecule has 0 aliphatic carbocycles. The molecule has 0 amide bonds. The molecule has 0 saturated heterocycles. The molecule has 21 heavy (non-hydrogen) atoms. The molecule has 2 aromatic carbocycles. The minimum atomic E-state index is -1.06. The van der Waals surface area contributed by atoms with Crippen molar-refractivity contribution in [2.24, 2.45) is 0 Å². The van der Waals surface area contributed by atoms with E-state index in [0.717, 1.165) is 5.56 Å². The summed E-state index contributed by atoms with van der Waals surface area (Å²) in [4.78, 5) is 10.9. The van der Waals surface area contributed by atoms with E-state index in [9.17, 15) is 9.18 Å². The van der Waals surface area contributed by atoms with E-state index in [0.29, 0.717) is 11.3 Å². The highest BCUT2D eigenvalue weighted by atomic mass is 19.1. The maximum absolute atomic E-state index is 13.6. The number of halogens is 1. The fraction of sp³-hybridized carbons (Fsp3) is 0.125. The third kappa shape index (κ3) is 3.37. The lowest BCUT2D eigenvalue weighted by Crippen LogP contribution is -2.02. The van der Waals surface area contributed by atoms with Gasteiger partial charge >= 0.3 is 5.97 Å². The summed E-state index contributed by atoms with van der Waals surface area (Å²) < 4.78 is 19.1. The van der Waals surface area contributed by atoms with Crippen LogP contribution in [0.5, 0.6) is 5.75 Å². The van der Waals surface area contributed by atoms with E-state index in [1.54, 1.807) is 13.0 Å². The summed E-state index contributed by atoms with van der Waals surface area (Å²) in [5.74, 6) is -1.16. The SMILES string of the molecule is Cc1ccc(C(=O)O)cc1OCc1cc(C#N)ccc1F. The molecule has 2 aromatic rings. The van der Waals surface area contributed by atoms with Gasteiger partial charge in [-0.05, 0) is 42.8 Å². The Morgan fingerprint density at radius 2 is 2.10 bits per heavy atom. The van der Waals surface area contributed by atoms with Crippen LogP contribution in [0.3, 0.4) is 0 Å². The number of aryl methyl sites for hydroxylation is 1. The van der Waals surface area contributed by atoms with Crippen molar-refractivity contribution in [1.29, 1.82) is 5.26 Å². The van der Waals surface area contributed by atoms with Gasteiger partial charge in [0.1, 0.15) is 18.2 Å². The van der Waals surface area contributed by atoms with Crippen LogP contribution in [0.4, 0.5) is 4.39 Å². The van der Waals surface area contributed by atoms with Crippen LogP contribution in [0.25, 0.3) is 0 Å². The van der Waals surface area contributed by atoms with Crippen molar-refractivity contribution < 1.29 is 19.0 Å². The molecule has 0 unspecified atom stereocenters. The van der Waals surface area contributed by atoms with E-state index in [2.05, 4.69) is 0 Å². The van der Waals surface area contributed by atoms with E-state index in [4.69, 9.17) is 15.1 Å². The Balaban J connectivity index is 2.22. The molecule has 0 fully saturated rings. The quantitative estimate of drug-likeness (QED) is 0.935. The van der Waals surface area contributed by atoms with Gasteiger partial charge in [-0.25, -0.2) is 9.18 Å². The minimum absolute atomic E-state index is 0.0781. The molecule has 0 heterocycles. The van der Waals surface area contributed by atoms with Crippen LogP contribution in [-0.4, -0.2) is 11.1 Å². The van der Waals surface area contributed by atoms with Crippen LogP contribution >= 0.6 is 0 Å². The fourth-order valence-electron chi connectivity index (χ4n) is 1.80. The summed E-state index contributed by atoms with van der Waals surface area (Å²) in [7, 11) is 0. The predicted molar refractivity (Wildman–Crippen MR) is 73.6 cm³/mol. The third-order valence-electron chi connectivity index (χ3n) is 2.99. The molecule has 2 rings (SSSR count). The second-order valence-electron chi connectivity index (χ2n) is 4.49. The molecule has 0 bridgehead atoms. The van der Waals surface area contributed by atoms with E-state index in [1.807, 2.05) is 6.07 Å². The van der Waals surface area contributed by atoms with Gasteiger partial charge in [0, 0.05) is 5.56 Å². The lowest BCUT2D eigenvalue weighted by atomic mass is 10.1. The van der Waals surface area contributed by atoms with E-state index < -0.39 is 11.8 Å². The second kappa shape index (κ2) is 6.06. The molecule has 0 aliphatic rings. The van der Waals surface area contributed by atoms with Gasteiger partial charge in [0.25, 0.3) is 0 Å². The molecule has 0 aliphatic heterocycles. The number of nitrogens with zero attached hydrogens (tertiary/aromatic N) is 1. The number of carboxylic acid groups (broad SMARTS) is 1. The van der Waals surface area contributed by atoms with Gasteiger partial charge in [-0.1, -0.05) is 6.07 Å². The summed E-state index contributed by atoms with van der Waals surface area (Å²) in [5.41, 5.74) is 1.43. The van der Waals surface area contributed by atoms with Gasteiger partial charge in [0.2, 0.25) is 0 Å². The highest BCUT2D eigenvalue weighted by Crippen LogP contribution is 2.22. The van der Waals surface area contributed by atoms with Gasteiger partial charge in [-0.3, -0.25) is 0 Å². The molecular weight excluding hydrogens is 273 g/mol. The third-order valence-corrected chi connectivity index (χ3v) is 2.99. The van der Waals surface area contributed by atoms with Crippen molar-refractivity contribution in [2.75, 3.05) is 0 Å². The lowest BCUT2D eigenvalue weighted by molar-refractivity contribution is 0.0696. The Morgan fingerprint density at radius 1 is 1.33 bits per heavy atom. The molecule has 5 heteroatoms. The van der Waals surface area contributed by atoms with Crippen LogP contribution in [-0.2, 0) is 6.61 Å². The predicted octanol–water partition coefficient (Wildman–Crippen LogP) is 3.28. The first kappa shape index (κ1) is 14.5. The number of carboxylic acids is 1. The van der Waals surface area contributed by atoms with Crippen LogP contribution < -0.4 is 4.74 Å². The van der Waals surface area contributed by atoms with Crippen LogP contribution in [0, 0.1) is 24.1 Å². The average Bonchev–Trinajstić information content (AvgIpc) is 2.47. The normalized spacial score (nSPS) is 9.95. The number of benzene rings is 2. The zero-order valence-corrected chi connectivity index (χ0v) is 11.3. The van der Waals surface area contributed by atoms with E-state index >= 15 is 0 Å². The standard InChI is InChI=1S/C16H12FNO3/c1-10-2-4-12(16(19)20)7-15(10)21-9-13-6-11(8-18)3-5-14(13)17/h2-7H,9H2,1H3,(H,19,20). The Kier molecular flexibility index (Phi) is 4.19. The summed E-state index contributed by atoms with van der Waals surface area (Å²) >= 11 is 0. The fourth-order valence-corrected chi connectivity index (χ4v) is 1.80. The smallest absolute Gasteiger partial charge is 0.335 e. The van der Waals surface area contributed by atoms with Gasteiger partial charge in [-0.2, -0.15) is 5.26 Å². The largest absolute Gasteiger partial charge is 0.488 e. The summed E-state index contributed by atoms with van der Waals surface area (Å²) in [5, 5.41) is 17.7. The van der Waals surface area contributed by atoms with Gasteiger partial charge in [-0.15, -0.1) is 0 Å². The van der Waals surface area contributed by atoms with Gasteiger partial charge < -0.3 is 9.84 Å².